The highest BCUT2D eigenvalue weighted by Gasteiger charge is 2.38. The third-order valence-corrected chi connectivity index (χ3v) is 2.97. The molecule has 1 aliphatic rings. The van der Waals surface area contributed by atoms with Crippen molar-refractivity contribution < 1.29 is 19.1 Å². The summed E-state index contributed by atoms with van der Waals surface area (Å²) in [4.78, 5) is 36.7. The first-order valence-electron chi connectivity index (χ1n) is 6.07. The van der Waals surface area contributed by atoms with Crippen molar-refractivity contribution in [3.8, 4) is 0 Å². The summed E-state index contributed by atoms with van der Waals surface area (Å²) in [5, 5.41) is 2.68. The van der Waals surface area contributed by atoms with E-state index in [2.05, 4.69) is 5.32 Å². The molecule has 0 atom stereocenters. The van der Waals surface area contributed by atoms with Crippen LogP contribution in [0.4, 0.5) is 0 Å². The molecule has 0 unspecified atom stereocenters. The molecule has 1 aliphatic heterocycles. The Kier molecular flexibility index (Phi) is 4.84. The van der Waals surface area contributed by atoms with Crippen molar-refractivity contribution in [3.05, 3.63) is 0 Å². The van der Waals surface area contributed by atoms with E-state index in [1.54, 1.807) is 25.7 Å². The molecule has 0 saturated carbocycles. The van der Waals surface area contributed by atoms with Gasteiger partial charge in [0.15, 0.2) is 5.78 Å². The lowest BCUT2D eigenvalue weighted by atomic mass is 9.87. The maximum Gasteiger partial charge on any atom is 0.319 e. The Morgan fingerprint density at radius 1 is 1.44 bits per heavy atom. The molecule has 0 aromatic rings. The van der Waals surface area contributed by atoms with E-state index in [1.165, 1.54) is 0 Å². The van der Waals surface area contributed by atoms with Gasteiger partial charge in [-0.3, -0.25) is 19.3 Å². The van der Waals surface area contributed by atoms with Gasteiger partial charge in [0.1, 0.15) is 5.41 Å². The van der Waals surface area contributed by atoms with E-state index >= 15 is 0 Å². The van der Waals surface area contributed by atoms with Crippen LogP contribution in [-0.2, 0) is 19.1 Å². The maximum absolute atomic E-state index is 12.1. The molecule has 1 N–H and O–H groups in total. The molecule has 0 aromatic carbocycles. The number of hydrogen-bond acceptors (Lipinski definition) is 5. The number of amides is 1. The zero-order valence-corrected chi connectivity index (χ0v) is 11.1. The monoisotopic (exact) mass is 256 g/mol. The second kappa shape index (κ2) is 5.95. The third-order valence-electron chi connectivity index (χ3n) is 2.97. The van der Waals surface area contributed by atoms with Gasteiger partial charge in [-0.25, -0.2) is 0 Å². The second-order valence-corrected chi connectivity index (χ2v) is 4.83. The number of nitrogens with zero attached hydrogens (tertiary/aromatic N) is 1. The molecule has 1 heterocycles. The van der Waals surface area contributed by atoms with E-state index < -0.39 is 11.4 Å². The Bertz CT molecular complexity index is 352. The van der Waals surface area contributed by atoms with Crippen molar-refractivity contribution in [2.75, 3.05) is 32.8 Å². The standard InChI is InChI=1S/C12H20N2O4/c1-4-18-11(17)12(2,3)9(15)7-14-6-5-13-10(16)8-14/h4-8H2,1-3H3,(H,13,16). The van der Waals surface area contributed by atoms with Gasteiger partial charge in [-0.15, -0.1) is 0 Å². The van der Waals surface area contributed by atoms with Crippen LogP contribution >= 0.6 is 0 Å². The fourth-order valence-electron chi connectivity index (χ4n) is 1.65. The van der Waals surface area contributed by atoms with Crippen LogP contribution in [-0.4, -0.2) is 55.3 Å². The number of hydrogen-bond donors (Lipinski definition) is 1. The Labute approximate surface area is 107 Å². The Morgan fingerprint density at radius 3 is 2.67 bits per heavy atom. The van der Waals surface area contributed by atoms with Crippen LogP contribution in [0.5, 0.6) is 0 Å². The summed E-state index contributed by atoms with van der Waals surface area (Å²) in [5.41, 5.74) is -1.16. The predicted molar refractivity (Wildman–Crippen MR) is 64.9 cm³/mol. The van der Waals surface area contributed by atoms with Gasteiger partial charge < -0.3 is 10.1 Å². The van der Waals surface area contributed by atoms with Crippen LogP contribution < -0.4 is 5.32 Å². The second-order valence-electron chi connectivity index (χ2n) is 4.83. The largest absolute Gasteiger partial charge is 0.465 e. The minimum Gasteiger partial charge on any atom is -0.465 e. The first-order chi connectivity index (χ1) is 8.37. The van der Waals surface area contributed by atoms with Gasteiger partial charge in [-0.1, -0.05) is 0 Å². The summed E-state index contributed by atoms with van der Waals surface area (Å²) in [6, 6.07) is 0. The molecule has 0 bridgehead atoms. The van der Waals surface area contributed by atoms with Crippen molar-refractivity contribution in [3.63, 3.8) is 0 Å². The number of ether oxygens (including phenoxy) is 1. The van der Waals surface area contributed by atoms with Crippen LogP contribution in [0.3, 0.4) is 0 Å². The summed E-state index contributed by atoms with van der Waals surface area (Å²) < 4.78 is 4.88. The van der Waals surface area contributed by atoms with Gasteiger partial charge in [-0.05, 0) is 20.8 Å². The quantitative estimate of drug-likeness (QED) is 0.534. The molecule has 1 amide bonds. The van der Waals surface area contributed by atoms with Crippen molar-refractivity contribution in [1.82, 2.24) is 10.2 Å². The number of Topliss-reactive ketones (excluding diaryl/α,β-unsaturated/α-hetero) is 1. The van der Waals surface area contributed by atoms with Crippen molar-refractivity contribution in [1.29, 1.82) is 0 Å². The zero-order valence-electron chi connectivity index (χ0n) is 11.1. The number of esters is 1. The van der Waals surface area contributed by atoms with Gasteiger partial charge >= 0.3 is 5.97 Å². The molecule has 0 aliphatic carbocycles. The fraction of sp³-hybridized carbons (Fsp3) is 0.750. The summed E-state index contributed by atoms with van der Waals surface area (Å²) >= 11 is 0. The molecular formula is C12H20N2O4. The van der Waals surface area contributed by atoms with Crippen LogP contribution in [0.25, 0.3) is 0 Å². The minimum absolute atomic E-state index is 0.0945. The SMILES string of the molecule is CCOC(=O)C(C)(C)C(=O)CN1CCNC(=O)C1. The number of piperazine rings is 1. The van der Waals surface area contributed by atoms with Gasteiger partial charge in [0.05, 0.1) is 19.7 Å². The molecule has 1 rings (SSSR count). The van der Waals surface area contributed by atoms with Gasteiger partial charge in [0, 0.05) is 13.1 Å². The summed E-state index contributed by atoms with van der Waals surface area (Å²) in [5.74, 6) is -0.838. The van der Waals surface area contributed by atoms with E-state index in [-0.39, 0.29) is 31.4 Å². The Hall–Kier alpha value is -1.43. The highest BCUT2D eigenvalue weighted by Crippen LogP contribution is 2.19. The number of rotatable bonds is 5. The number of carbonyl (C=O) groups excluding carboxylic acids is 3. The normalized spacial score (nSPS) is 17.2. The average molecular weight is 256 g/mol. The first kappa shape index (κ1) is 14.6. The number of carbonyl (C=O) groups is 3. The van der Waals surface area contributed by atoms with Crippen LogP contribution in [0.1, 0.15) is 20.8 Å². The van der Waals surface area contributed by atoms with Crippen molar-refractivity contribution >= 4 is 17.7 Å². The molecule has 6 nitrogen and oxygen atoms in total. The van der Waals surface area contributed by atoms with E-state index in [0.717, 1.165) is 0 Å². The molecule has 0 spiro atoms. The van der Waals surface area contributed by atoms with Gasteiger partial charge in [0.2, 0.25) is 5.91 Å². The topological polar surface area (TPSA) is 75.7 Å². The average Bonchev–Trinajstić information content (AvgIpc) is 2.29. The van der Waals surface area contributed by atoms with Gasteiger partial charge in [-0.2, -0.15) is 0 Å². The van der Waals surface area contributed by atoms with E-state index in [4.69, 9.17) is 4.74 Å². The smallest absolute Gasteiger partial charge is 0.319 e. The summed E-state index contributed by atoms with van der Waals surface area (Å²) in [7, 11) is 0. The number of nitrogens with one attached hydrogen (secondary N) is 1. The lowest BCUT2D eigenvalue weighted by Crippen LogP contribution is -2.51. The fourth-order valence-corrected chi connectivity index (χ4v) is 1.65. The number of ketones is 1. The summed E-state index contributed by atoms with van der Waals surface area (Å²) in [6.45, 7) is 6.51. The van der Waals surface area contributed by atoms with Crippen LogP contribution in [0.15, 0.2) is 0 Å². The minimum atomic E-state index is -1.16. The van der Waals surface area contributed by atoms with Crippen molar-refractivity contribution in [2.45, 2.75) is 20.8 Å². The highest BCUT2D eigenvalue weighted by molar-refractivity contribution is 6.04. The van der Waals surface area contributed by atoms with Gasteiger partial charge in [0.25, 0.3) is 0 Å². The van der Waals surface area contributed by atoms with Crippen molar-refractivity contribution in [2.24, 2.45) is 5.41 Å². The van der Waals surface area contributed by atoms with E-state index in [9.17, 15) is 14.4 Å². The summed E-state index contributed by atoms with van der Waals surface area (Å²) in [6.07, 6.45) is 0. The predicted octanol–water partition coefficient (Wildman–Crippen LogP) is -0.423. The van der Waals surface area contributed by atoms with Crippen LogP contribution in [0.2, 0.25) is 0 Å². The molecule has 0 radical (unpaired) electrons. The molecule has 1 fully saturated rings. The van der Waals surface area contributed by atoms with Crippen LogP contribution in [0, 0.1) is 5.41 Å². The first-order valence-corrected chi connectivity index (χ1v) is 6.07. The lowest BCUT2D eigenvalue weighted by molar-refractivity contribution is -0.158. The molecule has 6 heteroatoms. The maximum atomic E-state index is 12.1. The molecule has 1 saturated heterocycles. The Balaban J connectivity index is 2.58. The molecule has 102 valence electrons. The zero-order chi connectivity index (χ0) is 13.8. The Morgan fingerprint density at radius 2 is 2.11 bits per heavy atom. The van der Waals surface area contributed by atoms with E-state index in [0.29, 0.717) is 13.1 Å². The van der Waals surface area contributed by atoms with E-state index in [1.807, 2.05) is 0 Å². The highest BCUT2D eigenvalue weighted by atomic mass is 16.5. The molecule has 0 aromatic heterocycles. The lowest BCUT2D eigenvalue weighted by Gasteiger charge is -2.29. The molecule has 18 heavy (non-hydrogen) atoms. The molecular weight excluding hydrogens is 236 g/mol. The third kappa shape index (κ3) is 3.53.